The molecular formula is C19H19N3O2. The van der Waals surface area contributed by atoms with Crippen LogP contribution in [-0.2, 0) is 22.4 Å². The Morgan fingerprint density at radius 1 is 1.12 bits per heavy atom. The second-order valence-electron chi connectivity index (χ2n) is 6.44. The van der Waals surface area contributed by atoms with Crippen molar-refractivity contribution in [2.24, 2.45) is 5.92 Å². The van der Waals surface area contributed by atoms with Crippen molar-refractivity contribution in [3.05, 3.63) is 53.9 Å². The van der Waals surface area contributed by atoms with E-state index in [1.54, 1.807) is 29.4 Å². The molecule has 1 aliphatic heterocycles. The van der Waals surface area contributed by atoms with Crippen molar-refractivity contribution in [2.75, 3.05) is 16.8 Å². The molecule has 2 heterocycles. The highest BCUT2D eigenvalue weighted by Gasteiger charge is 2.35. The number of fused-ring (bicyclic) bond motifs is 1. The maximum absolute atomic E-state index is 12.4. The van der Waals surface area contributed by atoms with Crippen LogP contribution in [0.5, 0.6) is 0 Å². The van der Waals surface area contributed by atoms with Crippen LogP contribution >= 0.6 is 0 Å². The topological polar surface area (TPSA) is 62.3 Å². The van der Waals surface area contributed by atoms with Crippen molar-refractivity contribution >= 4 is 23.2 Å². The molecule has 0 saturated carbocycles. The maximum Gasteiger partial charge on any atom is 0.229 e. The summed E-state index contributed by atoms with van der Waals surface area (Å²) in [4.78, 5) is 30.5. The summed E-state index contributed by atoms with van der Waals surface area (Å²) in [6, 6.07) is 9.73. The predicted molar refractivity (Wildman–Crippen MR) is 91.8 cm³/mol. The highest BCUT2D eigenvalue weighted by molar-refractivity contribution is 6.03. The molecule has 5 heteroatoms. The van der Waals surface area contributed by atoms with E-state index in [0.29, 0.717) is 12.2 Å². The zero-order valence-corrected chi connectivity index (χ0v) is 13.4. The molecule has 0 radical (unpaired) electrons. The average Bonchev–Trinajstić information content (AvgIpc) is 3.21. The molecule has 0 unspecified atom stereocenters. The number of anilines is 2. The van der Waals surface area contributed by atoms with Gasteiger partial charge in [-0.2, -0.15) is 0 Å². The molecule has 1 aliphatic carbocycles. The van der Waals surface area contributed by atoms with Gasteiger partial charge in [0.15, 0.2) is 0 Å². The van der Waals surface area contributed by atoms with Crippen molar-refractivity contribution < 1.29 is 9.59 Å². The van der Waals surface area contributed by atoms with E-state index in [9.17, 15) is 9.59 Å². The third-order valence-electron chi connectivity index (χ3n) is 4.84. The van der Waals surface area contributed by atoms with Gasteiger partial charge in [-0.15, -0.1) is 0 Å². The van der Waals surface area contributed by atoms with E-state index < -0.39 is 0 Å². The minimum atomic E-state index is -0.320. The largest absolute Gasteiger partial charge is 0.326 e. The number of benzene rings is 1. The fourth-order valence-corrected chi connectivity index (χ4v) is 3.54. The molecule has 1 fully saturated rings. The molecule has 1 N–H and O–H groups in total. The number of nitrogens with one attached hydrogen (secondary N) is 1. The molecule has 2 amide bonds. The summed E-state index contributed by atoms with van der Waals surface area (Å²) < 4.78 is 0. The van der Waals surface area contributed by atoms with Crippen LogP contribution in [0.25, 0.3) is 0 Å². The van der Waals surface area contributed by atoms with Crippen LogP contribution in [0.15, 0.2) is 42.7 Å². The summed E-state index contributed by atoms with van der Waals surface area (Å²) in [5, 5.41) is 2.86. The predicted octanol–water partition coefficient (Wildman–Crippen LogP) is 2.56. The molecular weight excluding hydrogens is 302 g/mol. The zero-order chi connectivity index (χ0) is 16.5. The first-order valence-corrected chi connectivity index (χ1v) is 8.34. The van der Waals surface area contributed by atoms with Crippen LogP contribution in [0.4, 0.5) is 11.4 Å². The van der Waals surface area contributed by atoms with Crippen LogP contribution in [0, 0.1) is 5.92 Å². The number of rotatable bonds is 3. The molecule has 1 saturated heterocycles. The molecule has 0 bridgehead atoms. The number of aromatic nitrogens is 1. The van der Waals surface area contributed by atoms with Gasteiger partial charge in [-0.05, 0) is 54.7 Å². The number of hydrogen-bond donors (Lipinski definition) is 1. The second kappa shape index (κ2) is 6.07. The van der Waals surface area contributed by atoms with Gasteiger partial charge in [0.2, 0.25) is 11.8 Å². The van der Waals surface area contributed by atoms with Gasteiger partial charge in [0, 0.05) is 36.7 Å². The van der Waals surface area contributed by atoms with Gasteiger partial charge in [-0.25, -0.2) is 0 Å². The van der Waals surface area contributed by atoms with Crippen molar-refractivity contribution in [1.82, 2.24) is 4.98 Å². The standard InChI is InChI=1S/C19H19N3O2/c23-18-11-15(19(24)21-16-6-8-20-9-7-16)12-22(18)17-5-4-13-2-1-3-14(13)10-17/h4-10,15H,1-3,11-12H2,(H,20,21,24)/t15-/m0/s1. The van der Waals surface area contributed by atoms with Gasteiger partial charge in [0.25, 0.3) is 0 Å². The van der Waals surface area contributed by atoms with E-state index >= 15 is 0 Å². The fourth-order valence-electron chi connectivity index (χ4n) is 3.54. The van der Waals surface area contributed by atoms with E-state index in [0.717, 1.165) is 18.5 Å². The van der Waals surface area contributed by atoms with E-state index in [-0.39, 0.29) is 24.2 Å². The van der Waals surface area contributed by atoms with Gasteiger partial charge in [0.1, 0.15) is 0 Å². The Hall–Kier alpha value is -2.69. The molecule has 0 spiro atoms. The molecule has 2 aromatic rings. The highest BCUT2D eigenvalue weighted by Crippen LogP contribution is 2.30. The molecule has 24 heavy (non-hydrogen) atoms. The lowest BCUT2D eigenvalue weighted by molar-refractivity contribution is -0.122. The number of carbonyl (C=O) groups excluding carboxylic acids is 2. The Kier molecular flexibility index (Phi) is 3.76. The monoisotopic (exact) mass is 321 g/mol. The van der Waals surface area contributed by atoms with E-state index in [2.05, 4.69) is 22.4 Å². The first-order valence-electron chi connectivity index (χ1n) is 8.34. The molecule has 122 valence electrons. The Balaban J connectivity index is 1.48. The normalized spacial score (nSPS) is 19.4. The molecule has 1 aromatic carbocycles. The summed E-state index contributed by atoms with van der Waals surface area (Å²) in [5.74, 6) is -0.417. The first kappa shape index (κ1) is 14.9. The van der Waals surface area contributed by atoms with Crippen LogP contribution in [0.1, 0.15) is 24.0 Å². The maximum atomic E-state index is 12.4. The SMILES string of the molecule is O=C(Nc1ccncc1)[C@H]1CC(=O)N(c2ccc3c(c2)CCC3)C1. The number of amides is 2. The number of hydrogen-bond acceptors (Lipinski definition) is 3. The third-order valence-corrected chi connectivity index (χ3v) is 4.84. The Bertz CT molecular complexity index is 788. The lowest BCUT2D eigenvalue weighted by Crippen LogP contribution is -2.28. The van der Waals surface area contributed by atoms with Crippen molar-refractivity contribution in [1.29, 1.82) is 0 Å². The van der Waals surface area contributed by atoms with E-state index in [4.69, 9.17) is 0 Å². The smallest absolute Gasteiger partial charge is 0.229 e. The average molecular weight is 321 g/mol. The zero-order valence-electron chi connectivity index (χ0n) is 13.4. The fraction of sp³-hybridized carbons (Fsp3) is 0.316. The number of carbonyl (C=O) groups is 2. The molecule has 4 rings (SSSR count). The minimum Gasteiger partial charge on any atom is -0.326 e. The van der Waals surface area contributed by atoms with Crippen molar-refractivity contribution in [2.45, 2.75) is 25.7 Å². The second-order valence-corrected chi connectivity index (χ2v) is 6.44. The summed E-state index contributed by atoms with van der Waals surface area (Å²) in [6.45, 7) is 0.439. The number of pyridine rings is 1. The molecule has 2 aliphatic rings. The van der Waals surface area contributed by atoms with Gasteiger partial charge < -0.3 is 10.2 Å². The lowest BCUT2D eigenvalue weighted by atomic mass is 10.1. The quantitative estimate of drug-likeness (QED) is 0.945. The van der Waals surface area contributed by atoms with Gasteiger partial charge >= 0.3 is 0 Å². The summed E-state index contributed by atoms with van der Waals surface area (Å²) in [6.07, 6.45) is 6.91. The lowest BCUT2D eigenvalue weighted by Gasteiger charge is -2.18. The van der Waals surface area contributed by atoms with Crippen molar-refractivity contribution in [3.8, 4) is 0 Å². The van der Waals surface area contributed by atoms with Crippen LogP contribution in [0.2, 0.25) is 0 Å². The Morgan fingerprint density at radius 2 is 1.92 bits per heavy atom. The van der Waals surface area contributed by atoms with Crippen LogP contribution in [0.3, 0.4) is 0 Å². The first-order chi connectivity index (χ1) is 11.7. The summed E-state index contributed by atoms with van der Waals surface area (Å²) in [7, 11) is 0. The number of aryl methyl sites for hydroxylation is 2. The van der Waals surface area contributed by atoms with Gasteiger partial charge in [0.05, 0.1) is 5.92 Å². The highest BCUT2D eigenvalue weighted by atomic mass is 16.2. The third kappa shape index (κ3) is 2.77. The minimum absolute atomic E-state index is 0.0165. The van der Waals surface area contributed by atoms with Gasteiger partial charge in [-0.1, -0.05) is 6.07 Å². The van der Waals surface area contributed by atoms with E-state index in [1.807, 2.05) is 6.07 Å². The Labute approximate surface area is 140 Å². The molecule has 1 aromatic heterocycles. The van der Waals surface area contributed by atoms with Gasteiger partial charge in [-0.3, -0.25) is 14.6 Å². The summed E-state index contributed by atoms with van der Waals surface area (Å²) in [5.41, 5.74) is 4.35. The molecule has 1 atom stereocenters. The summed E-state index contributed by atoms with van der Waals surface area (Å²) >= 11 is 0. The van der Waals surface area contributed by atoms with Crippen LogP contribution < -0.4 is 10.2 Å². The molecule has 5 nitrogen and oxygen atoms in total. The van der Waals surface area contributed by atoms with Crippen molar-refractivity contribution in [3.63, 3.8) is 0 Å². The van der Waals surface area contributed by atoms with E-state index in [1.165, 1.54) is 17.5 Å². The Morgan fingerprint density at radius 3 is 2.75 bits per heavy atom. The number of nitrogens with zero attached hydrogens (tertiary/aromatic N) is 2. The van der Waals surface area contributed by atoms with Crippen LogP contribution in [-0.4, -0.2) is 23.3 Å².